The molecule has 0 aliphatic carbocycles. The van der Waals surface area contributed by atoms with Crippen LogP contribution in [0.4, 0.5) is 0 Å². The predicted octanol–water partition coefficient (Wildman–Crippen LogP) is 3.29. The Morgan fingerprint density at radius 2 is 2.06 bits per heavy atom. The summed E-state index contributed by atoms with van der Waals surface area (Å²) >= 11 is 0. The summed E-state index contributed by atoms with van der Waals surface area (Å²) in [5.74, 6) is 0. The van der Waals surface area contributed by atoms with Crippen LogP contribution in [0, 0.1) is 0 Å². The molecular formula is C15H23NO. The van der Waals surface area contributed by atoms with Crippen molar-refractivity contribution in [3.8, 4) is 0 Å². The van der Waals surface area contributed by atoms with Gasteiger partial charge in [0.25, 0.3) is 0 Å². The van der Waals surface area contributed by atoms with Crippen LogP contribution in [0.15, 0.2) is 30.3 Å². The fraction of sp³-hybridized carbons (Fsp3) is 0.600. The van der Waals surface area contributed by atoms with Gasteiger partial charge in [-0.15, -0.1) is 0 Å². The Morgan fingerprint density at radius 1 is 1.29 bits per heavy atom. The highest BCUT2D eigenvalue weighted by molar-refractivity contribution is 5.18. The summed E-state index contributed by atoms with van der Waals surface area (Å²) in [6.07, 6.45) is 4.36. The number of hydrogen-bond donors (Lipinski definition) is 1. The minimum Gasteiger partial charge on any atom is -0.374 e. The SMILES string of the molecule is CCC(NCC1CCC(C)O1)c1ccccc1. The zero-order chi connectivity index (χ0) is 12.1. The van der Waals surface area contributed by atoms with Crippen molar-refractivity contribution in [3.05, 3.63) is 35.9 Å². The van der Waals surface area contributed by atoms with E-state index in [9.17, 15) is 0 Å². The molecule has 0 spiro atoms. The van der Waals surface area contributed by atoms with Gasteiger partial charge in [0.05, 0.1) is 12.2 Å². The molecule has 0 amide bonds. The van der Waals surface area contributed by atoms with Crippen LogP contribution in [0.1, 0.15) is 44.7 Å². The van der Waals surface area contributed by atoms with Gasteiger partial charge in [0, 0.05) is 12.6 Å². The topological polar surface area (TPSA) is 21.3 Å². The Morgan fingerprint density at radius 3 is 2.65 bits per heavy atom. The van der Waals surface area contributed by atoms with E-state index in [2.05, 4.69) is 49.5 Å². The second-order valence-electron chi connectivity index (χ2n) is 4.93. The van der Waals surface area contributed by atoms with Crippen molar-refractivity contribution in [2.45, 2.75) is 51.4 Å². The maximum absolute atomic E-state index is 5.83. The van der Waals surface area contributed by atoms with Crippen LogP contribution in [0.2, 0.25) is 0 Å². The van der Waals surface area contributed by atoms with Crippen LogP contribution in [-0.2, 0) is 4.74 Å². The molecule has 1 aliphatic rings. The Balaban J connectivity index is 1.84. The number of nitrogens with one attached hydrogen (secondary N) is 1. The van der Waals surface area contributed by atoms with Gasteiger partial charge in [0.2, 0.25) is 0 Å². The highest BCUT2D eigenvalue weighted by Crippen LogP contribution is 2.20. The van der Waals surface area contributed by atoms with Gasteiger partial charge in [-0.05, 0) is 31.7 Å². The van der Waals surface area contributed by atoms with E-state index in [4.69, 9.17) is 4.74 Å². The highest BCUT2D eigenvalue weighted by Gasteiger charge is 2.22. The molecule has 3 atom stereocenters. The molecule has 1 saturated heterocycles. The molecule has 3 unspecified atom stereocenters. The standard InChI is InChI=1S/C15H23NO/c1-3-15(13-7-5-4-6-8-13)16-11-14-10-9-12(2)17-14/h4-8,12,14-16H,3,9-11H2,1-2H3. The lowest BCUT2D eigenvalue weighted by molar-refractivity contribution is 0.0542. The van der Waals surface area contributed by atoms with Gasteiger partial charge in [-0.25, -0.2) is 0 Å². The Hall–Kier alpha value is -0.860. The van der Waals surface area contributed by atoms with E-state index < -0.39 is 0 Å². The molecule has 1 N–H and O–H groups in total. The molecule has 2 rings (SSSR count). The summed E-state index contributed by atoms with van der Waals surface area (Å²) in [4.78, 5) is 0. The zero-order valence-corrected chi connectivity index (χ0v) is 10.9. The van der Waals surface area contributed by atoms with E-state index >= 15 is 0 Å². The first-order valence-electron chi connectivity index (χ1n) is 6.73. The fourth-order valence-corrected chi connectivity index (χ4v) is 2.49. The van der Waals surface area contributed by atoms with Crippen LogP contribution in [0.3, 0.4) is 0 Å². The summed E-state index contributed by atoms with van der Waals surface area (Å²) < 4.78 is 5.83. The van der Waals surface area contributed by atoms with E-state index in [-0.39, 0.29) is 0 Å². The summed E-state index contributed by atoms with van der Waals surface area (Å²) in [6.45, 7) is 5.36. The Bertz CT molecular complexity index is 325. The third kappa shape index (κ3) is 3.55. The predicted molar refractivity (Wildman–Crippen MR) is 71.0 cm³/mol. The molecule has 2 heteroatoms. The third-order valence-electron chi connectivity index (χ3n) is 3.52. The van der Waals surface area contributed by atoms with Gasteiger partial charge in [0.1, 0.15) is 0 Å². The van der Waals surface area contributed by atoms with Crippen molar-refractivity contribution in [1.29, 1.82) is 0 Å². The summed E-state index contributed by atoms with van der Waals surface area (Å²) in [6, 6.07) is 11.1. The minimum atomic E-state index is 0.405. The number of hydrogen-bond acceptors (Lipinski definition) is 2. The highest BCUT2D eigenvalue weighted by atomic mass is 16.5. The van der Waals surface area contributed by atoms with Crippen LogP contribution in [0.25, 0.3) is 0 Å². The monoisotopic (exact) mass is 233 g/mol. The smallest absolute Gasteiger partial charge is 0.0704 e. The minimum absolute atomic E-state index is 0.405. The van der Waals surface area contributed by atoms with E-state index in [0.29, 0.717) is 18.2 Å². The average Bonchev–Trinajstić information content (AvgIpc) is 2.77. The largest absolute Gasteiger partial charge is 0.374 e. The zero-order valence-electron chi connectivity index (χ0n) is 10.9. The molecule has 0 bridgehead atoms. The normalized spacial score (nSPS) is 26.0. The Kier molecular flexibility index (Phi) is 4.57. The van der Waals surface area contributed by atoms with Crippen molar-refractivity contribution >= 4 is 0 Å². The van der Waals surface area contributed by atoms with Crippen LogP contribution < -0.4 is 5.32 Å². The lowest BCUT2D eigenvalue weighted by Crippen LogP contribution is -2.30. The van der Waals surface area contributed by atoms with Crippen molar-refractivity contribution in [3.63, 3.8) is 0 Å². The second-order valence-corrected chi connectivity index (χ2v) is 4.93. The van der Waals surface area contributed by atoms with Gasteiger partial charge in [-0.1, -0.05) is 37.3 Å². The molecule has 1 aromatic carbocycles. The molecule has 0 aromatic heterocycles. The molecule has 1 aromatic rings. The van der Waals surface area contributed by atoms with Gasteiger partial charge in [-0.3, -0.25) is 0 Å². The summed E-state index contributed by atoms with van der Waals surface area (Å²) in [5, 5.41) is 3.62. The van der Waals surface area contributed by atoms with Gasteiger partial charge < -0.3 is 10.1 Å². The van der Waals surface area contributed by atoms with E-state index in [1.54, 1.807) is 0 Å². The maximum atomic E-state index is 5.83. The Labute approximate surface area is 104 Å². The van der Waals surface area contributed by atoms with Crippen LogP contribution in [-0.4, -0.2) is 18.8 Å². The van der Waals surface area contributed by atoms with Gasteiger partial charge >= 0.3 is 0 Å². The molecular weight excluding hydrogens is 210 g/mol. The van der Waals surface area contributed by atoms with Crippen LogP contribution >= 0.6 is 0 Å². The van der Waals surface area contributed by atoms with Crippen molar-refractivity contribution in [2.75, 3.05) is 6.54 Å². The molecule has 2 nitrogen and oxygen atoms in total. The summed E-state index contributed by atoms with van der Waals surface area (Å²) in [7, 11) is 0. The number of benzene rings is 1. The average molecular weight is 233 g/mol. The molecule has 1 aliphatic heterocycles. The third-order valence-corrected chi connectivity index (χ3v) is 3.52. The first-order chi connectivity index (χ1) is 8.29. The van der Waals surface area contributed by atoms with E-state index in [1.165, 1.54) is 18.4 Å². The van der Waals surface area contributed by atoms with E-state index in [1.807, 2.05) is 0 Å². The molecule has 0 saturated carbocycles. The maximum Gasteiger partial charge on any atom is 0.0704 e. The summed E-state index contributed by atoms with van der Waals surface area (Å²) in [5.41, 5.74) is 1.38. The molecule has 17 heavy (non-hydrogen) atoms. The molecule has 1 fully saturated rings. The van der Waals surface area contributed by atoms with Crippen molar-refractivity contribution in [1.82, 2.24) is 5.32 Å². The first kappa shape index (κ1) is 12.6. The quantitative estimate of drug-likeness (QED) is 0.842. The van der Waals surface area contributed by atoms with Gasteiger partial charge in [-0.2, -0.15) is 0 Å². The lowest BCUT2D eigenvalue weighted by atomic mass is 10.0. The fourth-order valence-electron chi connectivity index (χ4n) is 2.49. The number of ether oxygens (including phenoxy) is 1. The van der Waals surface area contributed by atoms with Crippen LogP contribution in [0.5, 0.6) is 0 Å². The second kappa shape index (κ2) is 6.18. The first-order valence-corrected chi connectivity index (χ1v) is 6.73. The number of rotatable bonds is 5. The van der Waals surface area contributed by atoms with Crippen molar-refractivity contribution in [2.24, 2.45) is 0 Å². The lowest BCUT2D eigenvalue weighted by Gasteiger charge is -2.20. The molecule has 1 heterocycles. The van der Waals surface area contributed by atoms with Crippen molar-refractivity contribution < 1.29 is 4.74 Å². The molecule has 94 valence electrons. The van der Waals surface area contributed by atoms with E-state index in [0.717, 1.165) is 13.0 Å². The van der Waals surface area contributed by atoms with Gasteiger partial charge in [0.15, 0.2) is 0 Å². The molecule has 0 radical (unpaired) electrons.